The number of anilines is 1. The van der Waals surface area contributed by atoms with Crippen LogP contribution >= 0.6 is 11.6 Å². The summed E-state index contributed by atoms with van der Waals surface area (Å²) in [6.45, 7) is 3.22. The molecular weight excluding hydrogens is 362 g/mol. The molecule has 132 valence electrons. The number of benzene rings is 2. The molecular formula is C18H18ClNO4S. The van der Waals surface area contributed by atoms with E-state index in [9.17, 15) is 13.8 Å². The van der Waals surface area contributed by atoms with Crippen molar-refractivity contribution in [3.63, 3.8) is 0 Å². The summed E-state index contributed by atoms with van der Waals surface area (Å²) in [5, 5.41) is 2.99. The summed E-state index contributed by atoms with van der Waals surface area (Å²) in [6, 6.07) is 13.3. The summed E-state index contributed by atoms with van der Waals surface area (Å²) in [7, 11) is -1.30. The quantitative estimate of drug-likeness (QED) is 0.777. The summed E-state index contributed by atoms with van der Waals surface area (Å²) < 4.78 is 17.3. The lowest BCUT2D eigenvalue weighted by molar-refractivity contribution is -0.123. The first-order chi connectivity index (χ1) is 11.9. The van der Waals surface area contributed by atoms with Gasteiger partial charge in [-0.1, -0.05) is 42.8 Å². The fourth-order valence-corrected chi connectivity index (χ4v) is 3.18. The molecule has 1 N–H and O–H groups in total. The van der Waals surface area contributed by atoms with Crippen molar-refractivity contribution >= 4 is 40.0 Å². The van der Waals surface area contributed by atoms with Crippen LogP contribution in [0.2, 0.25) is 5.02 Å². The van der Waals surface area contributed by atoms with Gasteiger partial charge in [-0.25, -0.2) is 4.79 Å². The van der Waals surface area contributed by atoms with Crippen molar-refractivity contribution in [1.82, 2.24) is 0 Å². The molecule has 1 amide bonds. The number of esters is 1. The molecule has 2 atom stereocenters. The van der Waals surface area contributed by atoms with Crippen molar-refractivity contribution in [3.8, 4) is 0 Å². The molecule has 2 aromatic rings. The SMILES string of the molecule is CC[S@](=O)c1ccccc1C(=O)O[C@H](C)C(=O)Nc1ccccc1Cl. The molecule has 0 saturated heterocycles. The van der Waals surface area contributed by atoms with Gasteiger partial charge in [-0.15, -0.1) is 0 Å². The molecule has 0 bridgehead atoms. The Morgan fingerprint density at radius 2 is 1.80 bits per heavy atom. The zero-order valence-electron chi connectivity index (χ0n) is 13.8. The number of halogens is 1. The smallest absolute Gasteiger partial charge is 0.340 e. The van der Waals surface area contributed by atoms with Gasteiger partial charge in [0.2, 0.25) is 0 Å². The first-order valence-electron chi connectivity index (χ1n) is 7.67. The van der Waals surface area contributed by atoms with E-state index in [4.69, 9.17) is 16.3 Å². The molecule has 0 aromatic heterocycles. The number of ether oxygens (including phenoxy) is 1. The van der Waals surface area contributed by atoms with Gasteiger partial charge in [0.15, 0.2) is 6.10 Å². The molecule has 0 fully saturated rings. The van der Waals surface area contributed by atoms with Crippen LogP contribution in [-0.4, -0.2) is 27.9 Å². The molecule has 25 heavy (non-hydrogen) atoms. The van der Waals surface area contributed by atoms with Crippen molar-refractivity contribution < 1.29 is 18.5 Å². The predicted molar refractivity (Wildman–Crippen MR) is 98.4 cm³/mol. The minimum atomic E-state index is -1.30. The van der Waals surface area contributed by atoms with E-state index in [0.29, 0.717) is 21.4 Å². The highest BCUT2D eigenvalue weighted by Crippen LogP contribution is 2.21. The lowest BCUT2D eigenvalue weighted by Gasteiger charge is -2.15. The second-order valence-corrected chi connectivity index (χ2v) is 7.26. The van der Waals surface area contributed by atoms with E-state index in [1.807, 2.05) is 0 Å². The monoisotopic (exact) mass is 379 g/mol. The van der Waals surface area contributed by atoms with E-state index >= 15 is 0 Å². The van der Waals surface area contributed by atoms with Crippen LogP contribution < -0.4 is 5.32 Å². The van der Waals surface area contributed by atoms with Crippen molar-refractivity contribution in [3.05, 3.63) is 59.1 Å². The summed E-state index contributed by atoms with van der Waals surface area (Å²) in [5.74, 6) is -0.818. The van der Waals surface area contributed by atoms with E-state index in [0.717, 1.165) is 0 Å². The highest BCUT2D eigenvalue weighted by molar-refractivity contribution is 7.85. The third-order valence-corrected chi connectivity index (χ3v) is 5.10. The van der Waals surface area contributed by atoms with Gasteiger partial charge in [0, 0.05) is 5.75 Å². The largest absolute Gasteiger partial charge is 0.449 e. The zero-order chi connectivity index (χ0) is 18.4. The maximum absolute atomic E-state index is 12.4. The van der Waals surface area contributed by atoms with Gasteiger partial charge in [-0.05, 0) is 31.2 Å². The van der Waals surface area contributed by atoms with Gasteiger partial charge in [0.25, 0.3) is 5.91 Å². The number of carbonyl (C=O) groups excluding carboxylic acids is 2. The molecule has 0 heterocycles. The molecule has 7 heteroatoms. The van der Waals surface area contributed by atoms with Crippen molar-refractivity contribution in [2.45, 2.75) is 24.8 Å². The first kappa shape index (κ1) is 19.1. The molecule has 0 saturated carbocycles. The van der Waals surface area contributed by atoms with Gasteiger partial charge in [0.1, 0.15) is 0 Å². The van der Waals surface area contributed by atoms with Crippen LogP contribution in [0.25, 0.3) is 0 Å². The normalized spacial score (nSPS) is 12.9. The van der Waals surface area contributed by atoms with Crippen molar-refractivity contribution in [2.24, 2.45) is 0 Å². The van der Waals surface area contributed by atoms with Crippen LogP contribution in [0, 0.1) is 0 Å². The van der Waals surface area contributed by atoms with Gasteiger partial charge in [-0.2, -0.15) is 0 Å². The lowest BCUT2D eigenvalue weighted by atomic mass is 10.2. The van der Waals surface area contributed by atoms with Crippen LogP contribution in [0.15, 0.2) is 53.4 Å². The Morgan fingerprint density at radius 3 is 2.48 bits per heavy atom. The van der Waals surface area contributed by atoms with E-state index in [2.05, 4.69) is 5.32 Å². The Bertz CT molecular complexity index is 809. The van der Waals surface area contributed by atoms with Gasteiger partial charge in [-0.3, -0.25) is 9.00 Å². The van der Waals surface area contributed by atoms with E-state index in [-0.39, 0.29) is 5.56 Å². The average molecular weight is 380 g/mol. The highest BCUT2D eigenvalue weighted by atomic mass is 35.5. The molecule has 0 aliphatic rings. The molecule has 2 rings (SSSR count). The fourth-order valence-electron chi connectivity index (χ4n) is 2.06. The Balaban J connectivity index is 2.09. The molecule has 0 spiro atoms. The Hall–Kier alpha value is -2.18. The molecule has 0 aliphatic heterocycles. The Kier molecular flexibility index (Phi) is 6.73. The number of nitrogens with one attached hydrogen (secondary N) is 1. The average Bonchev–Trinajstić information content (AvgIpc) is 2.62. The standard InChI is InChI=1S/C18H18ClNO4S/c1-3-25(23)16-11-7-4-8-13(16)18(22)24-12(2)17(21)20-15-10-6-5-9-14(15)19/h4-12H,3H2,1-2H3,(H,20,21)/t12-,25+/m1/s1. The van der Waals surface area contributed by atoms with E-state index in [1.165, 1.54) is 13.0 Å². The lowest BCUT2D eigenvalue weighted by Crippen LogP contribution is -2.30. The van der Waals surface area contributed by atoms with E-state index in [1.54, 1.807) is 49.4 Å². The number of carbonyl (C=O) groups is 2. The second-order valence-electron chi connectivity index (χ2n) is 5.15. The maximum atomic E-state index is 12.4. The molecule has 5 nitrogen and oxygen atoms in total. The van der Waals surface area contributed by atoms with Crippen LogP contribution in [0.4, 0.5) is 5.69 Å². The number of hydrogen-bond acceptors (Lipinski definition) is 4. The topological polar surface area (TPSA) is 72.5 Å². The number of para-hydroxylation sites is 1. The molecule has 0 aliphatic carbocycles. The number of hydrogen-bond donors (Lipinski definition) is 1. The van der Waals surface area contributed by atoms with Crippen molar-refractivity contribution in [2.75, 3.05) is 11.1 Å². The molecule has 2 aromatic carbocycles. The number of rotatable bonds is 6. The summed E-state index contributed by atoms with van der Waals surface area (Å²) >= 11 is 5.99. The third kappa shape index (κ3) is 4.90. The molecule has 0 unspecified atom stereocenters. The summed E-state index contributed by atoms with van der Waals surface area (Å²) in [5.41, 5.74) is 0.629. The van der Waals surface area contributed by atoms with Crippen LogP contribution in [0.1, 0.15) is 24.2 Å². The van der Waals surface area contributed by atoms with E-state index < -0.39 is 28.8 Å². The van der Waals surface area contributed by atoms with Gasteiger partial charge in [0.05, 0.1) is 32.0 Å². The summed E-state index contributed by atoms with van der Waals surface area (Å²) in [4.78, 5) is 25.0. The molecule has 0 radical (unpaired) electrons. The van der Waals surface area contributed by atoms with Crippen LogP contribution in [-0.2, 0) is 20.3 Å². The van der Waals surface area contributed by atoms with Gasteiger partial charge < -0.3 is 10.1 Å². The highest BCUT2D eigenvalue weighted by Gasteiger charge is 2.22. The van der Waals surface area contributed by atoms with Crippen LogP contribution in [0.3, 0.4) is 0 Å². The maximum Gasteiger partial charge on any atom is 0.340 e. The first-order valence-corrected chi connectivity index (χ1v) is 9.37. The van der Waals surface area contributed by atoms with Crippen molar-refractivity contribution in [1.29, 1.82) is 0 Å². The number of amides is 1. The minimum Gasteiger partial charge on any atom is -0.449 e. The fraction of sp³-hybridized carbons (Fsp3) is 0.222. The Labute approximate surface area is 153 Å². The third-order valence-electron chi connectivity index (χ3n) is 3.40. The zero-order valence-corrected chi connectivity index (χ0v) is 15.4. The van der Waals surface area contributed by atoms with Gasteiger partial charge >= 0.3 is 5.97 Å². The summed E-state index contributed by atoms with van der Waals surface area (Å²) in [6.07, 6.45) is -1.04. The van der Waals surface area contributed by atoms with Crippen LogP contribution in [0.5, 0.6) is 0 Å². The predicted octanol–water partition coefficient (Wildman–Crippen LogP) is 3.65. The Morgan fingerprint density at radius 1 is 1.16 bits per heavy atom. The second kappa shape index (κ2) is 8.78. The minimum absolute atomic E-state index is 0.195.